The first-order valence-corrected chi connectivity index (χ1v) is 7.69. The number of nitrogens with zero attached hydrogens (tertiary/aromatic N) is 2. The zero-order valence-corrected chi connectivity index (χ0v) is 13.8. The standard InChI is InChI=1S/C15H23F3N4O2/c1-3-19-14(20-7-8-23-4-2)22-10-12-5-6-13(21-9-12)24-11-15(16,17)18/h5-6,9H,3-4,7-8,10-11H2,1-2H3,(H2,19,20,22). The van der Waals surface area contributed by atoms with Crippen LogP contribution in [0.1, 0.15) is 19.4 Å². The molecular weight excluding hydrogens is 325 g/mol. The second kappa shape index (κ2) is 10.7. The number of rotatable bonds is 9. The number of pyridine rings is 1. The maximum atomic E-state index is 12.1. The summed E-state index contributed by atoms with van der Waals surface area (Å²) in [4.78, 5) is 8.21. The van der Waals surface area contributed by atoms with Crippen LogP contribution in [-0.2, 0) is 11.3 Å². The molecule has 6 nitrogen and oxygen atoms in total. The zero-order valence-electron chi connectivity index (χ0n) is 13.8. The fourth-order valence-corrected chi connectivity index (χ4v) is 1.64. The minimum atomic E-state index is -4.38. The lowest BCUT2D eigenvalue weighted by molar-refractivity contribution is -0.154. The Morgan fingerprint density at radius 1 is 1.25 bits per heavy atom. The van der Waals surface area contributed by atoms with Gasteiger partial charge in [0.25, 0.3) is 0 Å². The Balaban J connectivity index is 2.50. The monoisotopic (exact) mass is 348 g/mol. The molecule has 0 aliphatic rings. The first-order chi connectivity index (χ1) is 11.4. The van der Waals surface area contributed by atoms with Gasteiger partial charge in [0.15, 0.2) is 12.6 Å². The van der Waals surface area contributed by atoms with E-state index in [9.17, 15) is 13.2 Å². The van der Waals surface area contributed by atoms with Crippen molar-refractivity contribution in [1.29, 1.82) is 0 Å². The molecule has 0 aromatic carbocycles. The molecule has 24 heavy (non-hydrogen) atoms. The van der Waals surface area contributed by atoms with Crippen molar-refractivity contribution in [2.75, 3.05) is 32.9 Å². The van der Waals surface area contributed by atoms with Gasteiger partial charge in [0.05, 0.1) is 13.2 Å². The maximum Gasteiger partial charge on any atom is 0.422 e. The summed E-state index contributed by atoms with van der Waals surface area (Å²) < 4.78 is 46.0. The average molecular weight is 348 g/mol. The Hall–Kier alpha value is -2.03. The molecule has 1 heterocycles. The van der Waals surface area contributed by atoms with Crippen molar-refractivity contribution in [3.63, 3.8) is 0 Å². The summed E-state index contributed by atoms with van der Waals surface area (Å²) in [6.07, 6.45) is -2.93. The molecule has 0 radical (unpaired) electrons. The predicted octanol–water partition coefficient (Wildman–Crippen LogP) is 2.11. The molecule has 0 atom stereocenters. The molecule has 0 bridgehead atoms. The van der Waals surface area contributed by atoms with Gasteiger partial charge in [-0.05, 0) is 19.4 Å². The highest BCUT2D eigenvalue weighted by atomic mass is 19.4. The molecule has 1 aromatic rings. The molecule has 136 valence electrons. The van der Waals surface area contributed by atoms with Crippen LogP contribution in [0.4, 0.5) is 13.2 Å². The molecule has 0 saturated carbocycles. The minimum absolute atomic E-state index is 0.0678. The van der Waals surface area contributed by atoms with E-state index in [1.54, 1.807) is 6.07 Å². The maximum absolute atomic E-state index is 12.1. The lowest BCUT2D eigenvalue weighted by atomic mass is 10.3. The Labute approximate surface area is 139 Å². The van der Waals surface area contributed by atoms with Crippen molar-refractivity contribution in [2.24, 2.45) is 4.99 Å². The molecule has 0 fully saturated rings. The minimum Gasteiger partial charge on any atom is -0.468 e. The normalized spacial score (nSPS) is 12.1. The first-order valence-electron chi connectivity index (χ1n) is 7.69. The lowest BCUT2D eigenvalue weighted by Crippen LogP contribution is -2.39. The molecular formula is C15H23F3N4O2. The van der Waals surface area contributed by atoms with E-state index in [1.165, 1.54) is 12.3 Å². The molecule has 1 aromatic heterocycles. The highest BCUT2D eigenvalue weighted by molar-refractivity contribution is 5.79. The number of ether oxygens (including phenoxy) is 2. The summed E-state index contributed by atoms with van der Waals surface area (Å²) in [7, 11) is 0. The summed E-state index contributed by atoms with van der Waals surface area (Å²) in [5.74, 6) is 0.566. The van der Waals surface area contributed by atoms with Gasteiger partial charge in [-0.3, -0.25) is 0 Å². The summed E-state index contributed by atoms with van der Waals surface area (Å²) in [5.41, 5.74) is 0.761. The van der Waals surface area contributed by atoms with Gasteiger partial charge < -0.3 is 20.1 Å². The summed E-state index contributed by atoms with van der Waals surface area (Å²) in [6.45, 7) is 5.44. The zero-order chi connectivity index (χ0) is 17.8. The van der Waals surface area contributed by atoms with Crippen LogP contribution < -0.4 is 15.4 Å². The molecule has 2 N–H and O–H groups in total. The quantitative estimate of drug-likeness (QED) is 0.406. The van der Waals surface area contributed by atoms with Crippen LogP contribution in [0.15, 0.2) is 23.3 Å². The van der Waals surface area contributed by atoms with E-state index in [4.69, 9.17) is 4.74 Å². The van der Waals surface area contributed by atoms with E-state index < -0.39 is 12.8 Å². The third-order valence-corrected chi connectivity index (χ3v) is 2.69. The van der Waals surface area contributed by atoms with Crippen LogP contribution in [0.3, 0.4) is 0 Å². The predicted molar refractivity (Wildman–Crippen MR) is 85.1 cm³/mol. The fraction of sp³-hybridized carbons (Fsp3) is 0.600. The van der Waals surface area contributed by atoms with Crippen LogP contribution in [0.25, 0.3) is 0 Å². The second-order valence-electron chi connectivity index (χ2n) is 4.73. The number of guanidine groups is 1. The third-order valence-electron chi connectivity index (χ3n) is 2.69. The Kier molecular flexibility index (Phi) is 8.92. The third kappa shape index (κ3) is 9.19. The number of halogens is 3. The molecule has 0 spiro atoms. The number of hydrogen-bond acceptors (Lipinski definition) is 4. The van der Waals surface area contributed by atoms with Gasteiger partial charge in [-0.1, -0.05) is 6.07 Å². The smallest absolute Gasteiger partial charge is 0.422 e. The van der Waals surface area contributed by atoms with Gasteiger partial charge in [0.1, 0.15) is 0 Å². The van der Waals surface area contributed by atoms with E-state index >= 15 is 0 Å². The van der Waals surface area contributed by atoms with Gasteiger partial charge in [0, 0.05) is 32.0 Å². The molecule has 0 aliphatic carbocycles. The summed E-state index contributed by atoms with van der Waals surface area (Å²) in [5, 5.41) is 6.21. The average Bonchev–Trinajstić information content (AvgIpc) is 2.55. The van der Waals surface area contributed by atoms with Crippen LogP contribution in [0, 0.1) is 0 Å². The molecule has 9 heteroatoms. The van der Waals surface area contributed by atoms with Crippen LogP contribution in [0.2, 0.25) is 0 Å². The summed E-state index contributed by atoms with van der Waals surface area (Å²) >= 11 is 0. The Bertz CT molecular complexity index is 492. The number of aromatic nitrogens is 1. The van der Waals surface area contributed by atoms with E-state index in [1.807, 2.05) is 13.8 Å². The van der Waals surface area contributed by atoms with Gasteiger partial charge in [-0.2, -0.15) is 13.2 Å². The number of nitrogens with one attached hydrogen (secondary N) is 2. The Morgan fingerprint density at radius 2 is 2.04 bits per heavy atom. The van der Waals surface area contributed by atoms with E-state index in [-0.39, 0.29) is 5.88 Å². The van der Waals surface area contributed by atoms with Crippen LogP contribution in [0.5, 0.6) is 5.88 Å². The van der Waals surface area contributed by atoms with Gasteiger partial charge in [0.2, 0.25) is 5.88 Å². The lowest BCUT2D eigenvalue weighted by Gasteiger charge is -2.11. The van der Waals surface area contributed by atoms with Crippen LogP contribution in [-0.4, -0.2) is 50.0 Å². The number of alkyl halides is 3. The number of aliphatic imine (C=N–C) groups is 1. The topological polar surface area (TPSA) is 67.8 Å². The molecule has 0 aliphatic heterocycles. The fourth-order valence-electron chi connectivity index (χ4n) is 1.64. The number of hydrogen-bond donors (Lipinski definition) is 2. The SMILES string of the molecule is CCNC(=NCc1ccc(OCC(F)(F)F)nc1)NCCOCC. The van der Waals surface area contributed by atoms with Gasteiger partial charge in [-0.25, -0.2) is 9.98 Å². The first kappa shape index (κ1) is 20.0. The molecule has 1 rings (SSSR count). The van der Waals surface area contributed by atoms with Crippen molar-refractivity contribution in [2.45, 2.75) is 26.6 Å². The van der Waals surface area contributed by atoms with Crippen molar-refractivity contribution in [3.05, 3.63) is 23.9 Å². The molecule has 0 saturated heterocycles. The van der Waals surface area contributed by atoms with Gasteiger partial charge >= 0.3 is 6.18 Å². The van der Waals surface area contributed by atoms with E-state index in [2.05, 4.69) is 25.3 Å². The Morgan fingerprint density at radius 3 is 2.62 bits per heavy atom. The highest BCUT2D eigenvalue weighted by Gasteiger charge is 2.28. The van der Waals surface area contributed by atoms with Crippen LogP contribution >= 0.6 is 0 Å². The van der Waals surface area contributed by atoms with Crippen molar-refractivity contribution in [1.82, 2.24) is 15.6 Å². The van der Waals surface area contributed by atoms with Crippen molar-refractivity contribution in [3.8, 4) is 5.88 Å². The van der Waals surface area contributed by atoms with Gasteiger partial charge in [-0.15, -0.1) is 0 Å². The van der Waals surface area contributed by atoms with E-state index in [0.717, 1.165) is 5.56 Å². The van der Waals surface area contributed by atoms with Crippen molar-refractivity contribution >= 4 is 5.96 Å². The summed E-state index contributed by atoms with van der Waals surface area (Å²) in [6, 6.07) is 3.03. The van der Waals surface area contributed by atoms with Crippen molar-refractivity contribution < 1.29 is 22.6 Å². The largest absolute Gasteiger partial charge is 0.468 e. The highest BCUT2D eigenvalue weighted by Crippen LogP contribution is 2.17. The second-order valence-corrected chi connectivity index (χ2v) is 4.73. The molecule has 0 unspecified atom stereocenters. The van der Waals surface area contributed by atoms with E-state index in [0.29, 0.717) is 38.8 Å². The molecule has 0 amide bonds.